The molecule has 0 aliphatic rings. The van der Waals surface area contributed by atoms with Crippen LogP contribution in [0.2, 0.25) is 0 Å². The summed E-state index contributed by atoms with van der Waals surface area (Å²) in [7, 11) is 0. The third kappa shape index (κ3) is 5.35. The molecule has 0 saturated heterocycles. The van der Waals surface area contributed by atoms with Gasteiger partial charge < -0.3 is 5.73 Å². The van der Waals surface area contributed by atoms with Crippen LogP contribution in [0.3, 0.4) is 0 Å². The lowest BCUT2D eigenvalue weighted by Gasteiger charge is -2.03. The zero-order chi connectivity index (χ0) is 12.7. The van der Waals surface area contributed by atoms with Crippen LogP contribution in [-0.4, -0.2) is 5.78 Å². The van der Waals surface area contributed by atoms with Crippen molar-refractivity contribution in [2.45, 2.75) is 45.4 Å². The van der Waals surface area contributed by atoms with Gasteiger partial charge in [-0.15, -0.1) is 0 Å². The zero-order valence-electron chi connectivity index (χ0n) is 10.3. The van der Waals surface area contributed by atoms with Crippen LogP contribution in [0, 0.1) is 0 Å². The predicted octanol–water partition coefficient (Wildman–Crippen LogP) is 4.57. The number of hydrogen-bond acceptors (Lipinski definition) is 2. The van der Waals surface area contributed by atoms with Gasteiger partial charge in [-0.2, -0.15) is 0 Å². The quantitative estimate of drug-likeness (QED) is 0.455. The average Bonchev–Trinajstić information content (AvgIpc) is 2.27. The highest BCUT2D eigenvalue weighted by Gasteiger charge is 2.07. The number of unbranched alkanes of at least 4 members (excludes halogenated alkanes) is 4. The van der Waals surface area contributed by atoms with Gasteiger partial charge in [0.05, 0.1) is 0 Å². The summed E-state index contributed by atoms with van der Waals surface area (Å²) in [6.45, 7) is 2.19. The third-order valence-corrected chi connectivity index (χ3v) is 3.21. The second-order valence-electron chi connectivity index (χ2n) is 4.36. The maximum Gasteiger partial charge on any atom is 0.162 e. The number of Topliss-reactive ketones (excluding diaryl/α,β-unsaturated/α-hetero) is 1. The maximum absolute atomic E-state index is 11.9. The van der Waals surface area contributed by atoms with Gasteiger partial charge in [0.15, 0.2) is 5.78 Å². The van der Waals surface area contributed by atoms with Crippen LogP contribution in [0.1, 0.15) is 55.8 Å². The fourth-order valence-corrected chi connectivity index (χ4v) is 2.32. The fraction of sp³-hybridized carbons (Fsp3) is 0.500. The minimum Gasteiger partial charge on any atom is -0.399 e. The molecule has 0 aromatic heterocycles. The molecule has 0 aliphatic carbocycles. The molecule has 2 nitrogen and oxygen atoms in total. The number of ketones is 1. The molecule has 94 valence electrons. The van der Waals surface area contributed by atoms with E-state index in [1.807, 2.05) is 6.07 Å². The van der Waals surface area contributed by atoms with E-state index in [1.165, 1.54) is 19.3 Å². The molecule has 0 bridgehead atoms. The van der Waals surface area contributed by atoms with Crippen LogP contribution in [0.4, 0.5) is 5.69 Å². The van der Waals surface area contributed by atoms with Gasteiger partial charge in [-0.3, -0.25) is 4.79 Å². The van der Waals surface area contributed by atoms with Crippen LogP contribution in [0.15, 0.2) is 22.7 Å². The highest BCUT2D eigenvalue weighted by molar-refractivity contribution is 9.10. The summed E-state index contributed by atoms with van der Waals surface area (Å²) in [5, 5.41) is 0. The summed E-state index contributed by atoms with van der Waals surface area (Å²) in [6, 6.07) is 5.39. The molecule has 0 radical (unpaired) electrons. The molecular weight excluding hydrogens is 278 g/mol. The first-order valence-electron chi connectivity index (χ1n) is 6.22. The first-order chi connectivity index (χ1) is 8.13. The molecule has 0 unspecified atom stereocenters. The van der Waals surface area contributed by atoms with Crippen LogP contribution in [0.25, 0.3) is 0 Å². The second kappa shape index (κ2) is 7.49. The van der Waals surface area contributed by atoms with Crippen molar-refractivity contribution in [3.05, 3.63) is 28.2 Å². The Morgan fingerprint density at radius 2 is 1.88 bits per heavy atom. The van der Waals surface area contributed by atoms with Gasteiger partial charge >= 0.3 is 0 Å². The lowest BCUT2D eigenvalue weighted by molar-refractivity contribution is 0.0979. The first kappa shape index (κ1) is 14.2. The van der Waals surface area contributed by atoms with E-state index in [1.54, 1.807) is 12.1 Å². The first-order valence-corrected chi connectivity index (χ1v) is 7.02. The number of rotatable bonds is 7. The predicted molar refractivity (Wildman–Crippen MR) is 76.3 cm³/mol. The summed E-state index contributed by atoms with van der Waals surface area (Å²) in [6.07, 6.45) is 6.46. The van der Waals surface area contributed by atoms with Crippen molar-refractivity contribution in [2.24, 2.45) is 0 Å². The van der Waals surface area contributed by atoms with E-state index in [0.717, 1.165) is 17.3 Å². The molecule has 1 aromatic rings. The normalized spacial score (nSPS) is 10.5. The Balaban J connectivity index is 2.41. The van der Waals surface area contributed by atoms with Gasteiger partial charge in [0.25, 0.3) is 0 Å². The Kier molecular flexibility index (Phi) is 6.27. The summed E-state index contributed by atoms with van der Waals surface area (Å²) < 4.78 is 0.867. The molecule has 0 spiro atoms. The van der Waals surface area contributed by atoms with E-state index < -0.39 is 0 Å². The average molecular weight is 298 g/mol. The van der Waals surface area contributed by atoms with Gasteiger partial charge in [-0.25, -0.2) is 0 Å². The third-order valence-electron chi connectivity index (χ3n) is 2.75. The van der Waals surface area contributed by atoms with Gasteiger partial charge in [-0.05, 0) is 24.6 Å². The molecule has 2 N–H and O–H groups in total. The van der Waals surface area contributed by atoms with Crippen LogP contribution >= 0.6 is 15.9 Å². The summed E-state index contributed by atoms with van der Waals surface area (Å²) in [5.74, 6) is 0.189. The molecule has 0 heterocycles. The summed E-state index contributed by atoms with van der Waals surface area (Å²) in [4.78, 5) is 11.9. The van der Waals surface area contributed by atoms with Gasteiger partial charge in [0.1, 0.15) is 0 Å². The Morgan fingerprint density at radius 3 is 2.53 bits per heavy atom. The minimum atomic E-state index is 0.189. The molecule has 0 aliphatic heterocycles. The molecule has 1 aromatic carbocycles. The molecule has 0 fully saturated rings. The number of hydrogen-bond donors (Lipinski definition) is 1. The van der Waals surface area contributed by atoms with Crippen molar-refractivity contribution in [3.63, 3.8) is 0 Å². The van der Waals surface area contributed by atoms with E-state index in [2.05, 4.69) is 22.9 Å². The minimum absolute atomic E-state index is 0.189. The molecule has 0 saturated carbocycles. The SMILES string of the molecule is CCCCCCCC(=O)c1cc(N)cc(Br)c1. The highest BCUT2D eigenvalue weighted by Crippen LogP contribution is 2.19. The lowest BCUT2D eigenvalue weighted by Crippen LogP contribution is -2.00. The fourth-order valence-electron chi connectivity index (χ4n) is 1.81. The zero-order valence-corrected chi connectivity index (χ0v) is 11.9. The van der Waals surface area contributed by atoms with E-state index in [9.17, 15) is 4.79 Å². The smallest absolute Gasteiger partial charge is 0.162 e. The summed E-state index contributed by atoms with van der Waals surface area (Å²) >= 11 is 3.35. The molecule has 1 rings (SSSR count). The maximum atomic E-state index is 11.9. The number of carbonyl (C=O) groups is 1. The van der Waals surface area contributed by atoms with Gasteiger partial charge in [0, 0.05) is 22.1 Å². The standard InChI is InChI=1S/C14H20BrNO/c1-2-3-4-5-6-7-14(17)11-8-12(15)10-13(16)9-11/h8-10H,2-7,16H2,1H3. The van der Waals surface area contributed by atoms with E-state index >= 15 is 0 Å². The van der Waals surface area contributed by atoms with Crippen molar-refractivity contribution in [3.8, 4) is 0 Å². The van der Waals surface area contributed by atoms with E-state index in [4.69, 9.17) is 5.73 Å². The van der Waals surface area contributed by atoms with Crippen LogP contribution in [-0.2, 0) is 0 Å². The van der Waals surface area contributed by atoms with Crippen molar-refractivity contribution in [1.29, 1.82) is 0 Å². The van der Waals surface area contributed by atoms with Crippen molar-refractivity contribution >= 4 is 27.4 Å². The number of benzene rings is 1. The van der Waals surface area contributed by atoms with E-state index in [-0.39, 0.29) is 5.78 Å². The number of anilines is 1. The molecule has 0 amide bonds. The Morgan fingerprint density at radius 1 is 1.18 bits per heavy atom. The number of halogens is 1. The van der Waals surface area contributed by atoms with Crippen LogP contribution < -0.4 is 5.73 Å². The number of nitrogens with two attached hydrogens (primary N) is 1. The van der Waals surface area contributed by atoms with Gasteiger partial charge in [0.2, 0.25) is 0 Å². The van der Waals surface area contributed by atoms with Crippen molar-refractivity contribution in [1.82, 2.24) is 0 Å². The lowest BCUT2D eigenvalue weighted by atomic mass is 10.0. The molecule has 0 atom stereocenters. The Labute approximate surface area is 112 Å². The monoisotopic (exact) mass is 297 g/mol. The Bertz CT molecular complexity index is 356. The number of nitrogen functional groups attached to an aromatic ring is 1. The van der Waals surface area contributed by atoms with Crippen molar-refractivity contribution in [2.75, 3.05) is 5.73 Å². The van der Waals surface area contributed by atoms with Gasteiger partial charge in [-0.1, -0.05) is 48.5 Å². The second-order valence-corrected chi connectivity index (χ2v) is 5.28. The largest absolute Gasteiger partial charge is 0.399 e. The molecule has 3 heteroatoms. The molecular formula is C14H20BrNO. The number of carbonyl (C=O) groups excluding carboxylic acids is 1. The van der Waals surface area contributed by atoms with Crippen molar-refractivity contribution < 1.29 is 4.79 Å². The van der Waals surface area contributed by atoms with E-state index in [0.29, 0.717) is 17.7 Å². The summed E-state index contributed by atoms with van der Waals surface area (Å²) in [5.41, 5.74) is 7.06. The topological polar surface area (TPSA) is 43.1 Å². The highest BCUT2D eigenvalue weighted by atomic mass is 79.9. The molecule has 17 heavy (non-hydrogen) atoms. The Hall–Kier alpha value is -0.830. The van der Waals surface area contributed by atoms with Crippen LogP contribution in [0.5, 0.6) is 0 Å².